The quantitative estimate of drug-likeness (QED) is 0.710. The topological polar surface area (TPSA) is 46.0 Å². The van der Waals surface area contributed by atoms with Gasteiger partial charge in [-0.15, -0.1) is 0 Å². The van der Waals surface area contributed by atoms with Gasteiger partial charge in [-0.2, -0.15) is 18.2 Å². The van der Waals surface area contributed by atoms with E-state index in [1.54, 1.807) is 0 Å². The van der Waals surface area contributed by atoms with Gasteiger partial charge in [-0.3, -0.25) is 0 Å². The molecule has 0 aliphatic rings. The first-order valence-electron chi connectivity index (χ1n) is 4.12. The number of aromatic nitrogens is 2. The second-order valence-electron chi connectivity index (χ2n) is 3.00. The van der Waals surface area contributed by atoms with Crippen LogP contribution in [0.2, 0.25) is 0 Å². The van der Waals surface area contributed by atoms with E-state index in [4.69, 9.17) is 0 Å². The molecule has 0 bridgehead atoms. The average molecular weight is 232 g/mol. The SMILES string of the molecule is Oc1nc(C(F)(F)F)nc2cccc(F)c12. The van der Waals surface area contributed by atoms with Gasteiger partial charge in [0.15, 0.2) is 0 Å². The van der Waals surface area contributed by atoms with Gasteiger partial charge in [0, 0.05) is 0 Å². The van der Waals surface area contributed by atoms with Gasteiger partial charge in [-0.25, -0.2) is 9.37 Å². The van der Waals surface area contributed by atoms with Crippen LogP contribution in [0.4, 0.5) is 17.6 Å². The summed E-state index contributed by atoms with van der Waals surface area (Å²) in [5.41, 5.74) is -0.292. The minimum atomic E-state index is -4.78. The summed E-state index contributed by atoms with van der Waals surface area (Å²) in [4.78, 5) is 5.94. The van der Waals surface area contributed by atoms with Gasteiger partial charge in [0.1, 0.15) is 5.82 Å². The fourth-order valence-corrected chi connectivity index (χ4v) is 1.25. The average Bonchev–Trinajstić information content (AvgIpc) is 2.15. The molecule has 0 fully saturated rings. The summed E-state index contributed by atoms with van der Waals surface area (Å²) in [5, 5.41) is 8.78. The summed E-state index contributed by atoms with van der Waals surface area (Å²) in [5.74, 6) is -3.39. The maximum absolute atomic E-state index is 13.2. The van der Waals surface area contributed by atoms with E-state index >= 15 is 0 Å². The van der Waals surface area contributed by atoms with Crippen molar-refractivity contribution in [2.45, 2.75) is 6.18 Å². The van der Waals surface area contributed by atoms with Crippen LogP contribution in [0, 0.1) is 5.82 Å². The Bertz CT molecular complexity index is 553. The van der Waals surface area contributed by atoms with E-state index in [1.165, 1.54) is 6.07 Å². The number of aromatic hydroxyl groups is 1. The summed E-state index contributed by atoms with van der Waals surface area (Å²) < 4.78 is 50.0. The van der Waals surface area contributed by atoms with E-state index in [9.17, 15) is 22.7 Å². The number of hydrogen-bond donors (Lipinski definition) is 1. The highest BCUT2D eigenvalue weighted by atomic mass is 19.4. The number of benzene rings is 1. The molecule has 1 N–H and O–H groups in total. The van der Waals surface area contributed by atoms with Gasteiger partial charge in [-0.1, -0.05) is 6.07 Å². The number of alkyl halides is 3. The van der Waals surface area contributed by atoms with E-state index < -0.39 is 29.1 Å². The van der Waals surface area contributed by atoms with Crippen molar-refractivity contribution < 1.29 is 22.7 Å². The molecule has 2 aromatic rings. The van der Waals surface area contributed by atoms with Crippen molar-refractivity contribution in [1.29, 1.82) is 0 Å². The highest BCUT2D eigenvalue weighted by molar-refractivity contribution is 5.83. The van der Waals surface area contributed by atoms with Crippen molar-refractivity contribution in [3.05, 3.63) is 29.8 Å². The van der Waals surface area contributed by atoms with Crippen LogP contribution >= 0.6 is 0 Å². The monoisotopic (exact) mass is 232 g/mol. The lowest BCUT2D eigenvalue weighted by atomic mass is 10.2. The largest absolute Gasteiger partial charge is 0.493 e. The molecule has 7 heteroatoms. The Morgan fingerprint density at radius 2 is 1.81 bits per heavy atom. The summed E-state index contributed by atoms with van der Waals surface area (Å²) in [6, 6.07) is 3.36. The van der Waals surface area contributed by atoms with Crippen LogP contribution in [0.3, 0.4) is 0 Å². The van der Waals surface area contributed by atoms with Crippen LogP contribution < -0.4 is 0 Å². The number of fused-ring (bicyclic) bond motifs is 1. The first kappa shape index (κ1) is 10.6. The molecule has 0 aliphatic heterocycles. The van der Waals surface area contributed by atoms with Crippen LogP contribution in [-0.2, 0) is 6.18 Å². The maximum Gasteiger partial charge on any atom is 0.451 e. The van der Waals surface area contributed by atoms with Crippen LogP contribution in [-0.4, -0.2) is 15.1 Å². The Labute approximate surface area is 86.4 Å². The van der Waals surface area contributed by atoms with Crippen molar-refractivity contribution >= 4 is 10.9 Å². The molecule has 0 unspecified atom stereocenters. The smallest absolute Gasteiger partial charge is 0.451 e. The fraction of sp³-hybridized carbons (Fsp3) is 0.111. The highest BCUT2D eigenvalue weighted by Crippen LogP contribution is 2.31. The summed E-state index contributed by atoms with van der Waals surface area (Å²) in [6.07, 6.45) is -4.78. The Balaban J connectivity index is 2.79. The third-order valence-corrected chi connectivity index (χ3v) is 1.91. The first-order chi connectivity index (χ1) is 7.39. The molecule has 16 heavy (non-hydrogen) atoms. The van der Waals surface area contributed by atoms with Gasteiger partial charge in [0.25, 0.3) is 0 Å². The molecule has 0 aliphatic carbocycles. The van der Waals surface area contributed by atoms with E-state index in [2.05, 4.69) is 9.97 Å². The third-order valence-electron chi connectivity index (χ3n) is 1.91. The van der Waals surface area contributed by atoms with Crippen LogP contribution in [0.25, 0.3) is 10.9 Å². The highest BCUT2D eigenvalue weighted by Gasteiger charge is 2.35. The number of rotatable bonds is 0. The Kier molecular flexibility index (Phi) is 2.18. The normalized spacial score (nSPS) is 12.0. The molecule has 84 valence electrons. The zero-order valence-electron chi connectivity index (χ0n) is 7.59. The van der Waals surface area contributed by atoms with E-state index in [0.717, 1.165) is 12.1 Å². The number of nitrogens with zero attached hydrogens (tertiary/aromatic N) is 2. The maximum atomic E-state index is 13.2. The third kappa shape index (κ3) is 1.64. The molecule has 0 spiro atoms. The van der Waals surface area contributed by atoms with E-state index in [0.29, 0.717) is 0 Å². The van der Waals surface area contributed by atoms with E-state index in [-0.39, 0.29) is 5.52 Å². The predicted octanol–water partition coefficient (Wildman–Crippen LogP) is 2.49. The molecule has 1 aromatic heterocycles. The van der Waals surface area contributed by atoms with Gasteiger partial charge >= 0.3 is 6.18 Å². The summed E-state index contributed by atoms with van der Waals surface area (Å²) in [6.45, 7) is 0. The minimum Gasteiger partial charge on any atom is -0.493 e. The molecule has 0 radical (unpaired) electrons. The van der Waals surface area contributed by atoms with Crippen molar-refractivity contribution in [3.8, 4) is 5.88 Å². The molecule has 3 nitrogen and oxygen atoms in total. The van der Waals surface area contributed by atoms with Crippen LogP contribution in [0.1, 0.15) is 5.82 Å². The fourth-order valence-electron chi connectivity index (χ4n) is 1.25. The molecule has 0 saturated heterocycles. The molecule has 1 heterocycles. The molecular weight excluding hydrogens is 228 g/mol. The summed E-state index contributed by atoms with van der Waals surface area (Å²) in [7, 11) is 0. The molecule has 2 rings (SSSR count). The molecular formula is C9H4F4N2O. The molecule has 0 saturated carbocycles. The van der Waals surface area contributed by atoms with Gasteiger partial charge in [0.2, 0.25) is 11.7 Å². The Hall–Kier alpha value is -1.92. The Morgan fingerprint density at radius 3 is 2.44 bits per heavy atom. The summed E-state index contributed by atoms with van der Waals surface area (Å²) >= 11 is 0. The second kappa shape index (κ2) is 3.29. The molecule has 0 amide bonds. The second-order valence-corrected chi connectivity index (χ2v) is 3.00. The molecule has 0 atom stereocenters. The lowest BCUT2D eigenvalue weighted by Crippen LogP contribution is -2.11. The number of halogens is 4. The van der Waals surface area contributed by atoms with Crippen molar-refractivity contribution in [1.82, 2.24) is 9.97 Å². The van der Waals surface area contributed by atoms with Gasteiger partial charge < -0.3 is 5.11 Å². The molecule has 1 aromatic carbocycles. The van der Waals surface area contributed by atoms with E-state index in [1.807, 2.05) is 0 Å². The van der Waals surface area contributed by atoms with Gasteiger partial charge in [-0.05, 0) is 12.1 Å². The lowest BCUT2D eigenvalue weighted by Gasteiger charge is -2.07. The zero-order chi connectivity index (χ0) is 11.9. The van der Waals surface area contributed by atoms with Crippen LogP contribution in [0.5, 0.6) is 5.88 Å². The minimum absolute atomic E-state index is 0.292. The lowest BCUT2D eigenvalue weighted by molar-refractivity contribution is -0.145. The first-order valence-corrected chi connectivity index (χ1v) is 4.12. The van der Waals surface area contributed by atoms with Crippen molar-refractivity contribution in [3.63, 3.8) is 0 Å². The van der Waals surface area contributed by atoms with Gasteiger partial charge in [0.05, 0.1) is 10.9 Å². The Morgan fingerprint density at radius 1 is 1.12 bits per heavy atom. The van der Waals surface area contributed by atoms with Crippen molar-refractivity contribution in [2.75, 3.05) is 0 Å². The standard InChI is InChI=1S/C9H4F4N2O/c10-4-2-1-3-5-6(4)7(16)15-8(14-5)9(11,12)13/h1-3H,(H,14,15,16). The zero-order valence-corrected chi connectivity index (χ0v) is 7.59. The number of hydrogen-bond acceptors (Lipinski definition) is 3. The van der Waals surface area contributed by atoms with Crippen LogP contribution in [0.15, 0.2) is 18.2 Å². The van der Waals surface area contributed by atoms with Crippen molar-refractivity contribution in [2.24, 2.45) is 0 Å². The predicted molar refractivity (Wildman–Crippen MR) is 46.2 cm³/mol.